The van der Waals surface area contributed by atoms with Crippen molar-refractivity contribution in [3.05, 3.63) is 57.0 Å². The molecule has 1 unspecified atom stereocenters. The van der Waals surface area contributed by atoms with Crippen LogP contribution in [0.25, 0.3) is 0 Å². The van der Waals surface area contributed by atoms with Crippen LogP contribution in [0.3, 0.4) is 0 Å². The normalized spacial score (nSPS) is 20.6. The van der Waals surface area contributed by atoms with E-state index in [-0.39, 0.29) is 6.10 Å². The molecule has 2 aromatic carbocycles. The average molecular weight is 370 g/mol. The van der Waals surface area contributed by atoms with Crippen molar-refractivity contribution < 1.29 is 14.6 Å². The lowest BCUT2D eigenvalue weighted by Crippen LogP contribution is -2.19. The van der Waals surface area contributed by atoms with Crippen LogP contribution in [0, 0.1) is 0 Å². The predicted octanol–water partition coefficient (Wildman–Crippen LogP) is 4.67. The third-order valence-corrected chi connectivity index (χ3v) is 4.43. The van der Waals surface area contributed by atoms with Crippen molar-refractivity contribution in [2.24, 2.45) is 0 Å². The second-order valence-corrected chi connectivity index (χ2v) is 6.25. The van der Waals surface area contributed by atoms with Gasteiger partial charge in [0.05, 0.1) is 13.2 Å². The number of rotatable bonds is 2. The fraction of sp³-hybridized carbons (Fsp3) is 0.250. The second-order valence-electron chi connectivity index (χ2n) is 4.93. The summed E-state index contributed by atoms with van der Waals surface area (Å²) in [5, 5.41) is 11.0. The largest absolute Gasteiger partial charge is 0.497 e. The Labute approximate surface area is 136 Å². The Morgan fingerprint density at radius 1 is 1.24 bits per heavy atom. The molecule has 0 aromatic heterocycles. The Balaban J connectivity index is 1.98. The van der Waals surface area contributed by atoms with E-state index < -0.39 is 6.10 Å². The van der Waals surface area contributed by atoms with Crippen molar-refractivity contribution in [2.45, 2.75) is 18.6 Å². The molecule has 21 heavy (non-hydrogen) atoms. The average Bonchev–Trinajstić information content (AvgIpc) is 2.49. The van der Waals surface area contributed by atoms with E-state index in [2.05, 4.69) is 15.9 Å². The highest BCUT2D eigenvalue weighted by atomic mass is 79.9. The van der Waals surface area contributed by atoms with Gasteiger partial charge in [-0.3, -0.25) is 0 Å². The standard InChI is InChI=1S/C16H14BrClO3/c1-20-10-3-4-11-14(19)8-16(21-15(11)7-10)12-6-9(17)2-5-13(12)18/h2-7,14,16,19H,8H2,1H3/t14-,16?/m1/s1. The predicted molar refractivity (Wildman–Crippen MR) is 85.1 cm³/mol. The number of methoxy groups -OCH3 is 1. The van der Waals surface area contributed by atoms with Crippen LogP contribution in [0.1, 0.15) is 29.8 Å². The number of halogens is 2. The maximum atomic E-state index is 10.3. The number of hydrogen-bond donors (Lipinski definition) is 1. The maximum absolute atomic E-state index is 10.3. The monoisotopic (exact) mass is 368 g/mol. The first kappa shape index (κ1) is 14.7. The summed E-state index contributed by atoms with van der Waals surface area (Å²) in [6, 6.07) is 11.1. The molecular weight excluding hydrogens is 356 g/mol. The molecule has 2 aromatic rings. The van der Waals surface area contributed by atoms with Gasteiger partial charge < -0.3 is 14.6 Å². The molecule has 110 valence electrons. The summed E-state index contributed by atoms with van der Waals surface area (Å²) in [6.07, 6.45) is -0.403. The van der Waals surface area contributed by atoms with Gasteiger partial charge >= 0.3 is 0 Å². The summed E-state index contributed by atoms with van der Waals surface area (Å²) < 4.78 is 12.2. The van der Waals surface area contributed by atoms with Crippen LogP contribution in [0.2, 0.25) is 5.02 Å². The quantitative estimate of drug-likeness (QED) is 0.836. The first-order valence-corrected chi connectivity index (χ1v) is 7.73. The summed E-state index contributed by atoms with van der Waals surface area (Å²) in [5.41, 5.74) is 1.64. The van der Waals surface area contributed by atoms with Gasteiger partial charge in [-0.15, -0.1) is 0 Å². The van der Waals surface area contributed by atoms with E-state index in [1.807, 2.05) is 30.3 Å². The summed E-state index contributed by atoms with van der Waals surface area (Å²) >= 11 is 9.69. The molecule has 1 aliphatic rings. The fourth-order valence-electron chi connectivity index (χ4n) is 2.50. The molecule has 2 atom stereocenters. The van der Waals surface area contributed by atoms with E-state index in [1.165, 1.54) is 0 Å². The zero-order valence-corrected chi connectivity index (χ0v) is 13.7. The summed E-state index contributed by atoms with van der Waals surface area (Å²) in [4.78, 5) is 0. The Bertz CT molecular complexity index is 675. The molecule has 1 N–H and O–H groups in total. The van der Waals surface area contributed by atoms with Gasteiger partial charge in [0.15, 0.2) is 0 Å². The SMILES string of the molecule is COc1ccc2c(c1)OC(c1cc(Br)ccc1Cl)C[C@H]2O. The molecule has 5 heteroatoms. The molecule has 0 bridgehead atoms. The number of aliphatic hydroxyl groups is 1. The van der Waals surface area contributed by atoms with Crippen LogP contribution in [-0.4, -0.2) is 12.2 Å². The number of ether oxygens (including phenoxy) is 2. The minimum Gasteiger partial charge on any atom is -0.497 e. The van der Waals surface area contributed by atoms with Crippen molar-refractivity contribution in [3.63, 3.8) is 0 Å². The van der Waals surface area contributed by atoms with Gasteiger partial charge in [-0.2, -0.15) is 0 Å². The number of aliphatic hydroxyl groups excluding tert-OH is 1. The lowest BCUT2D eigenvalue weighted by Gasteiger charge is -2.30. The van der Waals surface area contributed by atoms with Crippen molar-refractivity contribution in [1.82, 2.24) is 0 Å². The molecule has 0 radical (unpaired) electrons. The Hall–Kier alpha value is -1.23. The van der Waals surface area contributed by atoms with Gasteiger partial charge in [0.25, 0.3) is 0 Å². The zero-order chi connectivity index (χ0) is 15.0. The first-order valence-electron chi connectivity index (χ1n) is 6.56. The molecule has 1 aliphatic heterocycles. The van der Waals surface area contributed by atoms with E-state index >= 15 is 0 Å². The Kier molecular flexibility index (Phi) is 4.11. The van der Waals surface area contributed by atoms with E-state index in [0.717, 1.165) is 15.6 Å². The lowest BCUT2D eigenvalue weighted by atomic mass is 9.95. The number of fused-ring (bicyclic) bond motifs is 1. The second kappa shape index (κ2) is 5.87. The first-order chi connectivity index (χ1) is 10.1. The van der Waals surface area contributed by atoms with Crippen LogP contribution < -0.4 is 9.47 Å². The van der Waals surface area contributed by atoms with Gasteiger partial charge in [-0.1, -0.05) is 27.5 Å². The number of hydrogen-bond acceptors (Lipinski definition) is 3. The summed E-state index contributed by atoms with van der Waals surface area (Å²) in [7, 11) is 1.60. The highest BCUT2D eigenvalue weighted by molar-refractivity contribution is 9.10. The molecule has 0 aliphatic carbocycles. The van der Waals surface area contributed by atoms with Gasteiger partial charge in [0.1, 0.15) is 17.6 Å². The van der Waals surface area contributed by atoms with Crippen LogP contribution >= 0.6 is 27.5 Å². The summed E-state index contributed by atoms with van der Waals surface area (Å²) in [5.74, 6) is 1.33. The molecule has 0 spiro atoms. The van der Waals surface area contributed by atoms with Crippen molar-refractivity contribution in [3.8, 4) is 11.5 Å². The Morgan fingerprint density at radius 2 is 2.05 bits per heavy atom. The third kappa shape index (κ3) is 2.89. The molecule has 0 saturated carbocycles. The van der Waals surface area contributed by atoms with Gasteiger partial charge in [0, 0.05) is 33.1 Å². The van der Waals surface area contributed by atoms with Crippen molar-refractivity contribution >= 4 is 27.5 Å². The minimum absolute atomic E-state index is 0.287. The fourth-order valence-corrected chi connectivity index (χ4v) is 3.12. The van der Waals surface area contributed by atoms with E-state index in [4.69, 9.17) is 21.1 Å². The third-order valence-electron chi connectivity index (χ3n) is 3.59. The molecule has 0 amide bonds. The smallest absolute Gasteiger partial charge is 0.129 e. The van der Waals surface area contributed by atoms with E-state index in [9.17, 15) is 5.11 Å². The number of benzene rings is 2. The van der Waals surface area contributed by atoms with Crippen LogP contribution in [0.5, 0.6) is 11.5 Å². The maximum Gasteiger partial charge on any atom is 0.129 e. The van der Waals surface area contributed by atoms with Gasteiger partial charge in [-0.05, 0) is 30.3 Å². The highest BCUT2D eigenvalue weighted by Crippen LogP contribution is 2.44. The van der Waals surface area contributed by atoms with Crippen LogP contribution in [0.4, 0.5) is 0 Å². The Morgan fingerprint density at radius 3 is 2.81 bits per heavy atom. The highest BCUT2D eigenvalue weighted by Gasteiger charge is 2.29. The van der Waals surface area contributed by atoms with E-state index in [0.29, 0.717) is 22.9 Å². The van der Waals surface area contributed by atoms with Crippen LogP contribution in [0.15, 0.2) is 40.9 Å². The molecule has 3 rings (SSSR count). The summed E-state index contributed by atoms with van der Waals surface area (Å²) in [6.45, 7) is 0. The molecular formula is C16H14BrClO3. The molecule has 0 fully saturated rings. The van der Waals surface area contributed by atoms with Gasteiger partial charge in [0.2, 0.25) is 0 Å². The molecule has 1 heterocycles. The minimum atomic E-state index is -0.584. The van der Waals surface area contributed by atoms with Crippen LogP contribution in [-0.2, 0) is 0 Å². The van der Waals surface area contributed by atoms with Crippen molar-refractivity contribution in [1.29, 1.82) is 0 Å². The topological polar surface area (TPSA) is 38.7 Å². The lowest BCUT2D eigenvalue weighted by molar-refractivity contribution is 0.0655. The van der Waals surface area contributed by atoms with Crippen molar-refractivity contribution in [2.75, 3.05) is 7.11 Å². The molecule has 3 nitrogen and oxygen atoms in total. The van der Waals surface area contributed by atoms with Gasteiger partial charge in [-0.25, -0.2) is 0 Å². The zero-order valence-electron chi connectivity index (χ0n) is 11.3. The van der Waals surface area contributed by atoms with E-state index in [1.54, 1.807) is 13.2 Å². The molecule has 0 saturated heterocycles.